The van der Waals surface area contributed by atoms with E-state index in [1.165, 1.54) is 0 Å². The topological polar surface area (TPSA) is 56.7 Å². The molecular weight excluding hydrogens is 265 g/mol. The average molecular weight is 278 g/mol. The van der Waals surface area contributed by atoms with E-state index in [0.29, 0.717) is 12.3 Å². The Hall–Kier alpha value is -1.18. The largest absolute Gasteiger partial charge is 0.435 e. The van der Waals surface area contributed by atoms with Gasteiger partial charge in [-0.15, -0.1) is 5.10 Å². The molecule has 0 saturated heterocycles. The summed E-state index contributed by atoms with van der Waals surface area (Å²) in [5.74, 6) is 0.503. The van der Waals surface area contributed by atoms with Crippen LogP contribution in [0.2, 0.25) is 0 Å². The van der Waals surface area contributed by atoms with E-state index in [4.69, 9.17) is 5.73 Å². The maximum atomic E-state index is 12.9. The molecule has 0 aliphatic heterocycles. The molecule has 1 aromatic heterocycles. The number of aryl methyl sites for hydroxylation is 1. The third-order valence-corrected chi connectivity index (χ3v) is 3.40. The summed E-state index contributed by atoms with van der Waals surface area (Å²) < 4.78 is 39.6. The van der Waals surface area contributed by atoms with Gasteiger partial charge in [-0.3, -0.25) is 0 Å². The fourth-order valence-electron chi connectivity index (χ4n) is 2.00. The minimum Gasteiger partial charge on any atom is -0.388 e. The molecule has 1 aromatic rings. The van der Waals surface area contributed by atoms with Crippen LogP contribution in [0.15, 0.2) is 0 Å². The molecule has 0 spiro atoms. The molecule has 0 amide bonds. The van der Waals surface area contributed by atoms with E-state index >= 15 is 0 Å². The molecule has 1 aliphatic carbocycles. The highest BCUT2D eigenvalue weighted by atomic mass is 32.1. The SMILES string of the molecule is NC(=S)c1nnn(CCC2CCC2)c1C(F)(F)F. The van der Waals surface area contributed by atoms with Crippen molar-refractivity contribution >= 4 is 17.2 Å². The zero-order chi connectivity index (χ0) is 13.3. The molecule has 0 atom stereocenters. The first-order valence-electron chi connectivity index (χ1n) is 5.70. The Morgan fingerprint density at radius 2 is 2.11 bits per heavy atom. The Kier molecular flexibility index (Phi) is 3.56. The second-order valence-electron chi connectivity index (χ2n) is 4.46. The van der Waals surface area contributed by atoms with Crippen molar-refractivity contribution in [1.29, 1.82) is 0 Å². The molecule has 2 N–H and O–H groups in total. The van der Waals surface area contributed by atoms with Gasteiger partial charge in [-0.1, -0.05) is 36.7 Å². The van der Waals surface area contributed by atoms with E-state index in [1.807, 2.05) is 0 Å². The van der Waals surface area contributed by atoms with Crippen LogP contribution in [-0.4, -0.2) is 20.0 Å². The van der Waals surface area contributed by atoms with Gasteiger partial charge in [0.25, 0.3) is 0 Å². The van der Waals surface area contributed by atoms with Crippen LogP contribution in [0.25, 0.3) is 0 Å². The van der Waals surface area contributed by atoms with Crippen LogP contribution in [0.1, 0.15) is 37.1 Å². The Morgan fingerprint density at radius 1 is 1.44 bits per heavy atom. The first-order valence-corrected chi connectivity index (χ1v) is 6.11. The lowest BCUT2D eigenvalue weighted by Crippen LogP contribution is -2.22. The predicted octanol–water partition coefficient (Wildman–Crippen LogP) is 2.12. The summed E-state index contributed by atoms with van der Waals surface area (Å²) in [6.45, 7) is 0.203. The second kappa shape index (κ2) is 4.83. The smallest absolute Gasteiger partial charge is 0.388 e. The number of nitrogens with two attached hydrogens (primary N) is 1. The Bertz CT molecular complexity index is 450. The second-order valence-corrected chi connectivity index (χ2v) is 4.90. The van der Waals surface area contributed by atoms with Crippen molar-refractivity contribution in [2.45, 2.75) is 38.4 Å². The zero-order valence-electron chi connectivity index (χ0n) is 9.57. The van der Waals surface area contributed by atoms with Crippen molar-refractivity contribution in [3.8, 4) is 0 Å². The van der Waals surface area contributed by atoms with Gasteiger partial charge >= 0.3 is 6.18 Å². The van der Waals surface area contributed by atoms with E-state index in [-0.39, 0.29) is 11.5 Å². The van der Waals surface area contributed by atoms with Crippen LogP contribution < -0.4 is 5.73 Å². The molecule has 0 bridgehead atoms. The molecule has 1 fully saturated rings. The average Bonchev–Trinajstić information content (AvgIpc) is 2.58. The first-order chi connectivity index (χ1) is 8.39. The highest BCUT2D eigenvalue weighted by molar-refractivity contribution is 7.80. The van der Waals surface area contributed by atoms with Crippen LogP contribution in [-0.2, 0) is 12.7 Å². The van der Waals surface area contributed by atoms with Gasteiger partial charge in [0.15, 0.2) is 11.4 Å². The molecule has 1 aliphatic rings. The van der Waals surface area contributed by atoms with Gasteiger partial charge in [0, 0.05) is 6.54 Å². The fraction of sp³-hybridized carbons (Fsp3) is 0.700. The van der Waals surface area contributed by atoms with Gasteiger partial charge in [-0.25, -0.2) is 4.68 Å². The third-order valence-electron chi connectivity index (χ3n) is 3.21. The van der Waals surface area contributed by atoms with Crippen LogP contribution >= 0.6 is 12.2 Å². The number of hydrogen-bond donors (Lipinski definition) is 1. The summed E-state index contributed by atoms with van der Waals surface area (Å²) in [5, 5.41) is 6.94. The van der Waals surface area contributed by atoms with E-state index in [1.54, 1.807) is 0 Å². The maximum Gasteiger partial charge on any atom is 0.435 e. The standard InChI is InChI=1S/C10H13F3N4S/c11-10(12,13)8-7(9(14)18)15-16-17(8)5-4-6-2-1-3-6/h6H,1-5H2,(H2,14,18). The van der Waals surface area contributed by atoms with Crippen LogP contribution in [0.4, 0.5) is 13.2 Å². The number of hydrogen-bond acceptors (Lipinski definition) is 3. The summed E-state index contributed by atoms with van der Waals surface area (Å²) in [6, 6.07) is 0. The molecule has 1 saturated carbocycles. The van der Waals surface area contributed by atoms with Crippen molar-refractivity contribution in [3.63, 3.8) is 0 Å². The highest BCUT2D eigenvalue weighted by Gasteiger charge is 2.40. The summed E-state index contributed by atoms with van der Waals surface area (Å²) in [7, 11) is 0. The Labute approximate surface area is 107 Å². The monoisotopic (exact) mass is 278 g/mol. The van der Waals surface area contributed by atoms with Crippen LogP contribution in [0.5, 0.6) is 0 Å². The number of halogens is 3. The van der Waals surface area contributed by atoms with E-state index in [2.05, 4.69) is 22.5 Å². The maximum absolute atomic E-state index is 12.9. The van der Waals surface area contributed by atoms with E-state index < -0.39 is 17.6 Å². The lowest BCUT2D eigenvalue weighted by atomic mass is 9.83. The van der Waals surface area contributed by atoms with Crippen molar-refractivity contribution in [2.24, 2.45) is 11.7 Å². The van der Waals surface area contributed by atoms with Gasteiger partial charge in [0.2, 0.25) is 0 Å². The number of aromatic nitrogens is 3. The van der Waals surface area contributed by atoms with Crippen LogP contribution in [0, 0.1) is 5.92 Å². The lowest BCUT2D eigenvalue weighted by molar-refractivity contribution is -0.144. The lowest BCUT2D eigenvalue weighted by Gasteiger charge is -2.25. The molecule has 8 heteroatoms. The highest BCUT2D eigenvalue weighted by Crippen LogP contribution is 2.33. The Balaban J connectivity index is 2.20. The van der Waals surface area contributed by atoms with Gasteiger partial charge in [0.1, 0.15) is 4.99 Å². The third kappa shape index (κ3) is 2.63. The molecule has 1 heterocycles. The molecule has 4 nitrogen and oxygen atoms in total. The molecule has 100 valence electrons. The van der Waals surface area contributed by atoms with Crippen molar-refractivity contribution in [1.82, 2.24) is 15.0 Å². The van der Waals surface area contributed by atoms with Crippen molar-refractivity contribution in [3.05, 3.63) is 11.4 Å². The molecule has 18 heavy (non-hydrogen) atoms. The Morgan fingerprint density at radius 3 is 2.56 bits per heavy atom. The molecule has 0 unspecified atom stereocenters. The molecular formula is C10H13F3N4S. The number of rotatable bonds is 4. The number of thiocarbonyl (C=S) groups is 1. The van der Waals surface area contributed by atoms with Crippen LogP contribution in [0.3, 0.4) is 0 Å². The van der Waals surface area contributed by atoms with E-state index in [9.17, 15) is 13.2 Å². The quantitative estimate of drug-likeness (QED) is 0.857. The van der Waals surface area contributed by atoms with Crippen molar-refractivity contribution < 1.29 is 13.2 Å². The normalized spacial score (nSPS) is 16.6. The molecule has 2 rings (SSSR count). The predicted molar refractivity (Wildman–Crippen MR) is 62.9 cm³/mol. The first kappa shape index (κ1) is 13.3. The van der Waals surface area contributed by atoms with Gasteiger partial charge in [0.05, 0.1) is 0 Å². The van der Waals surface area contributed by atoms with Gasteiger partial charge in [-0.05, 0) is 12.3 Å². The van der Waals surface area contributed by atoms with Gasteiger partial charge < -0.3 is 5.73 Å². The minimum atomic E-state index is -4.54. The van der Waals surface area contributed by atoms with E-state index in [0.717, 1.165) is 23.9 Å². The summed E-state index contributed by atoms with van der Waals surface area (Å²) in [6.07, 6.45) is -0.534. The fourth-order valence-corrected chi connectivity index (χ4v) is 2.14. The van der Waals surface area contributed by atoms with Crippen molar-refractivity contribution in [2.75, 3.05) is 0 Å². The minimum absolute atomic E-state index is 0.203. The summed E-state index contributed by atoms with van der Waals surface area (Å²) in [5.41, 5.74) is 3.86. The summed E-state index contributed by atoms with van der Waals surface area (Å²) >= 11 is 4.56. The zero-order valence-corrected chi connectivity index (χ0v) is 10.4. The molecule has 0 radical (unpaired) electrons. The number of nitrogens with zero attached hydrogens (tertiary/aromatic N) is 3. The number of alkyl halides is 3. The summed E-state index contributed by atoms with van der Waals surface area (Å²) in [4.78, 5) is -0.378. The van der Waals surface area contributed by atoms with Gasteiger partial charge in [-0.2, -0.15) is 13.2 Å². The molecule has 0 aromatic carbocycles.